The van der Waals surface area contributed by atoms with Crippen LogP contribution in [0, 0.1) is 6.92 Å². The highest BCUT2D eigenvalue weighted by Gasteiger charge is 2.15. The fourth-order valence-electron chi connectivity index (χ4n) is 2.92. The summed E-state index contributed by atoms with van der Waals surface area (Å²) in [6, 6.07) is 12.3. The summed E-state index contributed by atoms with van der Waals surface area (Å²) in [7, 11) is 0. The molecule has 1 aromatic heterocycles. The summed E-state index contributed by atoms with van der Waals surface area (Å²) < 4.78 is 6.52. The van der Waals surface area contributed by atoms with Crippen molar-refractivity contribution in [3.63, 3.8) is 0 Å². The highest BCUT2D eigenvalue weighted by molar-refractivity contribution is 6.36. The quantitative estimate of drug-likeness (QED) is 0.300. The molecule has 0 bridgehead atoms. The van der Waals surface area contributed by atoms with Crippen molar-refractivity contribution in [2.45, 2.75) is 20.0 Å². The van der Waals surface area contributed by atoms with Crippen molar-refractivity contribution in [1.82, 2.24) is 15.1 Å². The molecule has 6 nitrogen and oxygen atoms in total. The molecule has 3 rings (SSSR count). The zero-order valence-electron chi connectivity index (χ0n) is 17.4. The van der Waals surface area contributed by atoms with Gasteiger partial charge in [-0.3, -0.25) is 4.79 Å². The lowest BCUT2D eigenvalue weighted by Gasteiger charge is -2.08. The number of aromatic nitrogens is 2. The molecule has 0 saturated carbocycles. The van der Waals surface area contributed by atoms with Crippen LogP contribution in [0.25, 0.3) is 6.08 Å². The molecule has 172 valence electrons. The van der Waals surface area contributed by atoms with Gasteiger partial charge < -0.3 is 10.1 Å². The fourth-order valence-corrected chi connectivity index (χ4v) is 3.93. The molecule has 0 aliphatic rings. The molecule has 33 heavy (non-hydrogen) atoms. The van der Waals surface area contributed by atoms with E-state index < -0.39 is 18.5 Å². The zero-order chi connectivity index (χ0) is 24.0. The van der Waals surface area contributed by atoms with Crippen molar-refractivity contribution in [2.24, 2.45) is 0 Å². The van der Waals surface area contributed by atoms with E-state index in [0.29, 0.717) is 37.0 Å². The Hall–Kier alpha value is -2.51. The van der Waals surface area contributed by atoms with Gasteiger partial charge in [0.15, 0.2) is 6.61 Å². The molecule has 0 saturated heterocycles. The summed E-state index contributed by atoms with van der Waals surface area (Å²) in [5.41, 5.74) is 2.59. The molecule has 0 spiro atoms. The van der Waals surface area contributed by atoms with Gasteiger partial charge in [0.05, 0.1) is 12.2 Å². The first-order valence-electron chi connectivity index (χ1n) is 9.77. The lowest BCUT2D eigenvalue weighted by molar-refractivity contribution is -0.143. The Morgan fingerprint density at radius 3 is 2.39 bits per heavy atom. The van der Waals surface area contributed by atoms with E-state index in [2.05, 4.69) is 10.4 Å². The summed E-state index contributed by atoms with van der Waals surface area (Å²) in [4.78, 5) is 24.0. The molecule has 0 aliphatic heterocycles. The van der Waals surface area contributed by atoms with E-state index in [9.17, 15) is 9.59 Å². The molecule has 1 heterocycles. The number of aryl methyl sites for hydroxylation is 1. The molecule has 10 heteroatoms. The lowest BCUT2D eigenvalue weighted by Crippen LogP contribution is -2.28. The van der Waals surface area contributed by atoms with E-state index >= 15 is 0 Å². The first kappa shape index (κ1) is 25.1. The Morgan fingerprint density at radius 1 is 1.03 bits per heavy atom. The van der Waals surface area contributed by atoms with Crippen LogP contribution in [0.15, 0.2) is 48.5 Å². The highest BCUT2D eigenvalue weighted by atomic mass is 35.5. The Balaban J connectivity index is 1.56. The second kappa shape index (κ2) is 11.6. The fraction of sp³-hybridized carbons (Fsp3) is 0.174. The molecule has 2 aromatic carbocycles. The number of esters is 1. The first-order valence-corrected chi connectivity index (χ1v) is 11.3. The van der Waals surface area contributed by atoms with Crippen LogP contribution in [-0.2, 0) is 27.4 Å². The minimum Gasteiger partial charge on any atom is -0.452 e. The molecular weight excluding hydrogens is 508 g/mol. The van der Waals surface area contributed by atoms with Gasteiger partial charge in [-0.15, -0.1) is 0 Å². The number of carbonyl (C=O) groups is 2. The van der Waals surface area contributed by atoms with E-state index in [-0.39, 0.29) is 13.1 Å². The smallest absolute Gasteiger partial charge is 0.331 e. The standard InChI is InChI=1S/C23H19Cl4N3O3/c1-14-16(23(27)30(29-14)12-17-19(25)7-4-8-20(17)26)9-10-22(32)33-13-21(31)28-11-15-5-2-3-6-18(15)24/h2-10H,11-13H2,1H3,(H,28,31). The van der Waals surface area contributed by atoms with Crippen LogP contribution in [0.2, 0.25) is 20.2 Å². The number of nitrogens with zero attached hydrogens (tertiary/aromatic N) is 2. The molecule has 0 radical (unpaired) electrons. The van der Waals surface area contributed by atoms with Crippen molar-refractivity contribution < 1.29 is 14.3 Å². The van der Waals surface area contributed by atoms with Gasteiger partial charge in [-0.1, -0.05) is 70.7 Å². The van der Waals surface area contributed by atoms with Crippen molar-refractivity contribution in [1.29, 1.82) is 0 Å². The maximum absolute atomic E-state index is 12.0. The number of amides is 1. The van der Waals surface area contributed by atoms with Gasteiger partial charge in [-0.25, -0.2) is 9.48 Å². The minimum absolute atomic E-state index is 0.231. The summed E-state index contributed by atoms with van der Waals surface area (Å²) in [5, 5.41) is 8.89. The SMILES string of the molecule is Cc1nn(Cc2c(Cl)cccc2Cl)c(Cl)c1C=CC(=O)OCC(=O)NCc1ccccc1Cl. The first-order chi connectivity index (χ1) is 15.8. The van der Waals surface area contributed by atoms with Gasteiger partial charge in [0.2, 0.25) is 0 Å². The molecule has 0 aliphatic carbocycles. The summed E-state index contributed by atoms with van der Waals surface area (Å²) in [6.45, 7) is 1.83. The summed E-state index contributed by atoms with van der Waals surface area (Å²) >= 11 is 24.9. The molecular formula is C23H19Cl4N3O3. The molecule has 1 N–H and O–H groups in total. The van der Waals surface area contributed by atoms with Crippen LogP contribution in [-0.4, -0.2) is 28.3 Å². The molecule has 0 fully saturated rings. The van der Waals surface area contributed by atoms with Crippen LogP contribution in [0.5, 0.6) is 0 Å². The topological polar surface area (TPSA) is 73.2 Å². The van der Waals surface area contributed by atoms with E-state index in [4.69, 9.17) is 51.1 Å². The van der Waals surface area contributed by atoms with Crippen LogP contribution < -0.4 is 5.32 Å². The number of hydrogen-bond donors (Lipinski definition) is 1. The van der Waals surface area contributed by atoms with E-state index in [0.717, 1.165) is 5.56 Å². The maximum atomic E-state index is 12.0. The normalized spacial score (nSPS) is 11.1. The van der Waals surface area contributed by atoms with E-state index in [1.807, 2.05) is 6.07 Å². The van der Waals surface area contributed by atoms with Crippen LogP contribution in [0.4, 0.5) is 0 Å². The number of hydrogen-bond acceptors (Lipinski definition) is 4. The summed E-state index contributed by atoms with van der Waals surface area (Å²) in [6.07, 6.45) is 2.67. The molecule has 1 amide bonds. The van der Waals surface area contributed by atoms with Crippen LogP contribution >= 0.6 is 46.4 Å². The Morgan fingerprint density at radius 2 is 1.70 bits per heavy atom. The zero-order valence-corrected chi connectivity index (χ0v) is 20.5. The van der Waals surface area contributed by atoms with E-state index in [1.165, 1.54) is 16.8 Å². The number of benzene rings is 2. The van der Waals surface area contributed by atoms with Crippen LogP contribution in [0.1, 0.15) is 22.4 Å². The predicted molar refractivity (Wildman–Crippen MR) is 131 cm³/mol. The summed E-state index contributed by atoms with van der Waals surface area (Å²) in [5.74, 6) is -1.14. The monoisotopic (exact) mass is 525 g/mol. The Kier molecular flexibility index (Phi) is 8.80. The second-order valence-corrected chi connectivity index (χ2v) is 8.54. The number of ether oxygens (including phenoxy) is 1. The van der Waals surface area contributed by atoms with Gasteiger partial charge in [0, 0.05) is 38.8 Å². The maximum Gasteiger partial charge on any atom is 0.331 e. The number of nitrogens with one attached hydrogen (secondary N) is 1. The second-order valence-electron chi connectivity index (χ2n) is 6.96. The molecule has 0 atom stereocenters. The van der Waals surface area contributed by atoms with Gasteiger partial charge in [0.25, 0.3) is 5.91 Å². The number of rotatable bonds is 8. The van der Waals surface area contributed by atoms with Gasteiger partial charge >= 0.3 is 5.97 Å². The Bertz CT molecular complexity index is 1190. The van der Waals surface area contributed by atoms with Crippen LogP contribution in [0.3, 0.4) is 0 Å². The molecule has 3 aromatic rings. The number of carbonyl (C=O) groups excluding carboxylic acids is 2. The van der Waals surface area contributed by atoms with E-state index in [1.54, 1.807) is 43.3 Å². The van der Waals surface area contributed by atoms with Gasteiger partial charge in [0.1, 0.15) is 5.15 Å². The molecule has 0 unspecified atom stereocenters. The predicted octanol–water partition coefficient (Wildman–Crippen LogP) is 5.73. The third-order valence-corrected chi connectivity index (χ3v) is 6.12. The number of halogens is 4. The highest BCUT2D eigenvalue weighted by Crippen LogP contribution is 2.28. The van der Waals surface area contributed by atoms with Crippen molar-refractivity contribution in [2.75, 3.05) is 6.61 Å². The largest absolute Gasteiger partial charge is 0.452 e. The van der Waals surface area contributed by atoms with Gasteiger partial charge in [-0.2, -0.15) is 5.10 Å². The van der Waals surface area contributed by atoms with Crippen molar-refractivity contribution in [3.05, 3.63) is 91.1 Å². The van der Waals surface area contributed by atoms with Crippen molar-refractivity contribution in [3.8, 4) is 0 Å². The average molecular weight is 527 g/mol. The third-order valence-electron chi connectivity index (χ3n) is 4.64. The average Bonchev–Trinajstić information content (AvgIpc) is 3.05. The third kappa shape index (κ3) is 6.74. The lowest BCUT2D eigenvalue weighted by atomic mass is 10.2. The minimum atomic E-state index is -0.694. The Labute approximate surface area is 211 Å². The van der Waals surface area contributed by atoms with Crippen molar-refractivity contribution >= 4 is 64.4 Å². The van der Waals surface area contributed by atoms with Gasteiger partial charge in [-0.05, 0) is 36.8 Å².